The van der Waals surface area contributed by atoms with Crippen molar-refractivity contribution in [3.05, 3.63) is 91.0 Å². The van der Waals surface area contributed by atoms with Gasteiger partial charge in [0.05, 0.1) is 17.7 Å². The quantitative estimate of drug-likeness (QED) is 0.404. The molecule has 0 radical (unpaired) electrons. The van der Waals surface area contributed by atoms with Gasteiger partial charge in [-0.25, -0.2) is 8.42 Å². The minimum atomic E-state index is -3.55. The summed E-state index contributed by atoms with van der Waals surface area (Å²) in [6.45, 7) is 1.89. The lowest BCUT2D eigenvalue weighted by Crippen LogP contribution is -2.48. The first kappa shape index (κ1) is 23.0. The van der Waals surface area contributed by atoms with Gasteiger partial charge in [-0.15, -0.1) is 10.2 Å². The van der Waals surface area contributed by atoms with Crippen molar-refractivity contribution in [3.63, 3.8) is 0 Å². The number of rotatable bonds is 6. The van der Waals surface area contributed by atoms with Gasteiger partial charge in [0.25, 0.3) is 0 Å². The number of benzene rings is 3. The molecule has 5 rings (SSSR count). The standard InChI is InChI=1S/C27H26N4O3S/c1-34-24-11-7-23(8-12-24)26-15-16-27(29-28-26)30-17-19-31(20-18-30)35(32,33)25-13-9-22(10-14-25)21-5-3-2-4-6-21/h2-16H,17-20H2,1H3. The second kappa shape index (κ2) is 9.85. The molecule has 0 atom stereocenters. The molecule has 1 fully saturated rings. The molecular weight excluding hydrogens is 460 g/mol. The van der Waals surface area contributed by atoms with Crippen LogP contribution in [0.3, 0.4) is 0 Å². The number of methoxy groups -OCH3 is 1. The molecule has 3 aromatic carbocycles. The SMILES string of the molecule is COc1ccc(-c2ccc(N3CCN(S(=O)(=O)c4ccc(-c5ccccc5)cc4)CC3)nn2)cc1. The number of piperazine rings is 1. The zero-order valence-corrected chi connectivity index (χ0v) is 20.2. The highest BCUT2D eigenvalue weighted by atomic mass is 32.2. The Balaban J connectivity index is 1.23. The predicted molar refractivity (Wildman–Crippen MR) is 137 cm³/mol. The first-order valence-corrected chi connectivity index (χ1v) is 12.9. The Labute approximate surface area is 205 Å². The molecule has 1 saturated heterocycles. The van der Waals surface area contributed by atoms with E-state index in [1.807, 2.05) is 78.9 Å². The van der Waals surface area contributed by atoms with Gasteiger partial charge in [-0.3, -0.25) is 0 Å². The maximum atomic E-state index is 13.2. The molecule has 2 heterocycles. The lowest BCUT2D eigenvalue weighted by Gasteiger charge is -2.34. The van der Waals surface area contributed by atoms with Crippen LogP contribution in [-0.2, 0) is 10.0 Å². The highest BCUT2D eigenvalue weighted by Crippen LogP contribution is 2.25. The summed E-state index contributed by atoms with van der Waals surface area (Å²) < 4.78 is 33.1. The summed E-state index contributed by atoms with van der Waals surface area (Å²) in [5.74, 6) is 1.53. The van der Waals surface area contributed by atoms with Crippen LogP contribution in [0.4, 0.5) is 5.82 Å². The molecule has 0 aliphatic carbocycles. The van der Waals surface area contributed by atoms with Gasteiger partial charge in [0.1, 0.15) is 5.75 Å². The van der Waals surface area contributed by atoms with Crippen LogP contribution in [0.15, 0.2) is 95.9 Å². The van der Waals surface area contributed by atoms with E-state index in [9.17, 15) is 8.42 Å². The Morgan fingerprint density at radius 2 is 1.31 bits per heavy atom. The molecule has 0 amide bonds. The average molecular weight is 487 g/mol. The molecular formula is C27H26N4O3S. The molecule has 1 aliphatic heterocycles. The summed E-state index contributed by atoms with van der Waals surface area (Å²) in [5.41, 5.74) is 3.78. The molecule has 0 saturated carbocycles. The predicted octanol–water partition coefficient (Wildman–Crippen LogP) is 4.33. The van der Waals surface area contributed by atoms with Crippen molar-refractivity contribution in [2.75, 3.05) is 38.2 Å². The molecule has 0 bridgehead atoms. The van der Waals surface area contributed by atoms with Gasteiger partial charge >= 0.3 is 0 Å². The van der Waals surface area contributed by atoms with E-state index in [2.05, 4.69) is 15.1 Å². The average Bonchev–Trinajstić information content (AvgIpc) is 2.94. The molecule has 1 aliphatic rings. The number of hydrogen-bond donors (Lipinski definition) is 0. The van der Waals surface area contributed by atoms with Crippen molar-refractivity contribution in [1.82, 2.24) is 14.5 Å². The molecule has 1 aromatic heterocycles. The van der Waals surface area contributed by atoms with Crippen LogP contribution < -0.4 is 9.64 Å². The van der Waals surface area contributed by atoms with Gasteiger partial charge < -0.3 is 9.64 Å². The van der Waals surface area contributed by atoms with Gasteiger partial charge in [-0.05, 0) is 59.7 Å². The van der Waals surface area contributed by atoms with Crippen molar-refractivity contribution >= 4 is 15.8 Å². The third-order valence-electron chi connectivity index (χ3n) is 6.20. The summed E-state index contributed by atoms with van der Waals surface area (Å²) in [7, 11) is -1.92. The third kappa shape index (κ3) is 4.89. The van der Waals surface area contributed by atoms with Crippen LogP contribution in [0, 0.1) is 0 Å². The number of nitrogens with zero attached hydrogens (tertiary/aromatic N) is 4. The number of aromatic nitrogens is 2. The highest BCUT2D eigenvalue weighted by Gasteiger charge is 2.29. The van der Waals surface area contributed by atoms with Crippen molar-refractivity contribution in [2.45, 2.75) is 4.90 Å². The van der Waals surface area contributed by atoms with E-state index < -0.39 is 10.0 Å². The second-order valence-electron chi connectivity index (χ2n) is 8.29. The third-order valence-corrected chi connectivity index (χ3v) is 8.11. The topological polar surface area (TPSA) is 75.6 Å². The molecule has 178 valence electrons. The summed E-state index contributed by atoms with van der Waals surface area (Å²) in [6, 6.07) is 28.5. The normalized spacial score (nSPS) is 14.6. The zero-order chi connectivity index (χ0) is 24.3. The Hall–Kier alpha value is -3.75. The fourth-order valence-corrected chi connectivity index (χ4v) is 5.59. The van der Waals surface area contributed by atoms with E-state index in [0.29, 0.717) is 31.1 Å². The Morgan fingerprint density at radius 1 is 0.686 bits per heavy atom. The number of ether oxygens (including phenoxy) is 1. The van der Waals surface area contributed by atoms with E-state index in [1.54, 1.807) is 23.5 Å². The summed E-state index contributed by atoms with van der Waals surface area (Å²) in [4.78, 5) is 2.38. The largest absolute Gasteiger partial charge is 0.497 e. The molecule has 0 spiro atoms. The minimum absolute atomic E-state index is 0.314. The van der Waals surface area contributed by atoms with Gasteiger partial charge in [0.2, 0.25) is 10.0 Å². The lowest BCUT2D eigenvalue weighted by atomic mass is 10.1. The van der Waals surface area contributed by atoms with Crippen LogP contribution in [0.1, 0.15) is 0 Å². The van der Waals surface area contributed by atoms with Crippen LogP contribution in [-0.4, -0.2) is 56.2 Å². The Morgan fingerprint density at radius 3 is 1.91 bits per heavy atom. The smallest absolute Gasteiger partial charge is 0.243 e. The molecule has 4 aromatic rings. The van der Waals surface area contributed by atoms with Crippen LogP contribution in [0.25, 0.3) is 22.4 Å². The van der Waals surface area contributed by atoms with Crippen molar-refractivity contribution in [3.8, 4) is 28.1 Å². The molecule has 8 heteroatoms. The van der Waals surface area contributed by atoms with E-state index >= 15 is 0 Å². The zero-order valence-electron chi connectivity index (χ0n) is 19.4. The first-order valence-electron chi connectivity index (χ1n) is 11.4. The number of anilines is 1. The minimum Gasteiger partial charge on any atom is -0.497 e. The summed E-state index contributed by atoms with van der Waals surface area (Å²) in [5, 5.41) is 8.75. The summed E-state index contributed by atoms with van der Waals surface area (Å²) >= 11 is 0. The Kier molecular flexibility index (Phi) is 6.48. The van der Waals surface area contributed by atoms with Gasteiger partial charge in [-0.2, -0.15) is 4.31 Å². The van der Waals surface area contributed by atoms with Crippen molar-refractivity contribution in [1.29, 1.82) is 0 Å². The fraction of sp³-hybridized carbons (Fsp3) is 0.185. The van der Waals surface area contributed by atoms with Gasteiger partial charge in [0.15, 0.2) is 5.82 Å². The monoisotopic (exact) mass is 486 g/mol. The number of hydrogen-bond acceptors (Lipinski definition) is 6. The van der Waals surface area contributed by atoms with Crippen molar-refractivity contribution in [2.24, 2.45) is 0 Å². The van der Waals surface area contributed by atoms with Crippen molar-refractivity contribution < 1.29 is 13.2 Å². The van der Waals surface area contributed by atoms with Crippen LogP contribution >= 0.6 is 0 Å². The van der Waals surface area contributed by atoms with E-state index in [4.69, 9.17) is 4.74 Å². The van der Waals surface area contributed by atoms with Crippen LogP contribution in [0.2, 0.25) is 0 Å². The van der Waals surface area contributed by atoms with E-state index in [-0.39, 0.29) is 0 Å². The molecule has 0 unspecified atom stereocenters. The first-order chi connectivity index (χ1) is 17.0. The van der Waals surface area contributed by atoms with Crippen LogP contribution in [0.5, 0.6) is 5.75 Å². The fourth-order valence-electron chi connectivity index (χ4n) is 4.17. The second-order valence-corrected chi connectivity index (χ2v) is 10.2. The van der Waals surface area contributed by atoms with E-state index in [1.165, 1.54) is 0 Å². The lowest BCUT2D eigenvalue weighted by molar-refractivity contribution is 0.383. The van der Waals surface area contributed by atoms with Gasteiger partial charge in [-0.1, -0.05) is 42.5 Å². The highest BCUT2D eigenvalue weighted by molar-refractivity contribution is 7.89. The molecule has 35 heavy (non-hydrogen) atoms. The van der Waals surface area contributed by atoms with Gasteiger partial charge in [0, 0.05) is 31.7 Å². The number of sulfonamides is 1. The maximum absolute atomic E-state index is 13.2. The maximum Gasteiger partial charge on any atom is 0.243 e. The molecule has 0 N–H and O–H groups in total. The van der Waals surface area contributed by atoms with E-state index in [0.717, 1.165) is 34.0 Å². The molecule has 7 nitrogen and oxygen atoms in total. The Bertz CT molecular complexity index is 1370. The summed E-state index contributed by atoms with van der Waals surface area (Å²) in [6.07, 6.45) is 0.